The topological polar surface area (TPSA) is 58.2 Å². The van der Waals surface area contributed by atoms with Crippen LogP contribution in [-0.4, -0.2) is 18.4 Å². The van der Waals surface area contributed by atoms with E-state index in [9.17, 15) is 9.59 Å². The number of carbonyl (C=O) groups is 2. The number of anilines is 1. The Hall–Kier alpha value is -3.66. The Morgan fingerprint density at radius 2 is 1.40 bits per heavy atom. The molecule has 0 aliphatic carbocycles. The molecule has 0 aliphatic heterocycles. The highest BCUT2D eigenvalue weighted by Gasteiger charge is 2.33. The molecule has 0 unspecified atom stereocenters. The number of benzene rings is 3. The molecule has 0 radical (unpaired) electrons. The van der Waals surface area contributed by atoms with Gasteiger partial charge in [-0.1, -0.05) is 66.7 Å². The molecule has 0 spiro atoms. The van der Waals surface area contributed by atoms with Gasteiger partial charge in [-0.15, -0.1) is 6.58 Å². The number of hydrogen-bond donors (Lipinski definition) is 2. The minimum Gasteiger partial charge on any atom is -0.337 e. The van der Waals surface area contributed by atoms with Crippen molar-refractivity contribution in [2.75, 3.05) is 11.9 Å². The summed E-state index contributed by atoms with van der Waals surface area (Å²) in [6.45, 7) is 5.88. The van der Waals surface area contributed by atoms with E-state index in [0.29, 0.717) is 24.2 Å². The van der Waals surface area contributed by atoms with E-state index in [0.717, 1.165) is 11.1 Å². The molecule has 0 bridgehead atoms. The number of urea groups is 1. The fourth-order valence-corrected chi connectivity index (χ4v) is 3.63. The van der Waals surface area contributed by atoms with Crippen LogP contribution in [0.2, 0.25) is 0 Å². The summed E-state index contributed by atoms with van der Waals surface area (Å²) in [7, 11) is 0. The quantitative estimate of drug-likeness (QED) is 0.385. The molecule has 0 aliphatic rings. The van der Waals surface area contributed by atoms with Crippen molar-refractivity contribution in [2.24, 2.45) is 0 Å². The standard InChI is InChI=1S/C26H26N2O2/c1-3-18-26(22-10-6-4-7-11-22,23-12-8-5-9-13-23)19-27-25(30)28-24-16-14-21(15-17-24)20(2)29/h3-17H,1,18-19H2,2H3,(H2,27,28,30). The van der Waals surface area contributed by atoms with Crippen LogP contribution < -0.4 is 10.6 Å². The van der Waals surface area contributed by atoms with Crippen LogP contribution in [0.1, 0.15) is 34.8 Å². The Kier molecular flexibility index (Phi) is 6.81. The van der Waals surface area contributed by atoms with Gasteiger partial charge in [-0.3, -0.25) is 4.79 Å². The normalized spacial score (nSPS) is 10.8. The van der Waals surface area contributed by atoms with Crippen LogP contribution in [0.15, 0.2) is 97.6 Å². The third-order valence-corrected chi connectivity index (χ3v) is 5.25. The van der Waals surface area contributed by atoms with E-state index in [1.54, 1.807) is 24.3 Å². The molecule has 3 rings (SSSR count). The first kappa shape index (κ1) is 21.1. The van der Waals surface area contributed by atoms with Crippen molar-refractivity contribution < 1.29 is 9.59 Å². The second kappa shape index (κ2) is 9.70. The molecule has 2 N–H and O–H groups in total. The molecule has 0 fully saturated rings. The lowest BCUT2D eigenvalue weighted by Gasteiger charge is -2.34. The van der Waals surface area contributed by atoms with Gasteiger partial charge in [-0.05, 0) is 48.7 Å². The fourth-order valence-electron chi connectivity index (χ4n) is 3.63. The summed E-state index contributed by atoms with van der Waals surface area (Å²) in [4.78, 5) is 24.0. The number of carbonyl (C=O) groups excluding carboxylic acids is 2. The van der Waals surface area contributed by atoms with E-state index in [1.165, 1.54) is 6.92 Å². The zero-order valence-corrected chi connectivity index (χ0v) is 17.1. The molecule has 152 valence electrons. The largest absolute Gasteiger partial charge is 0.337 e. The van der Waals surface area contributed by atoms with Crippen molar-refractivity contribution in [1.29, 1.82) is 0 Å². The van der Waals surface area contributed by atoms with E-state index < -0.39 is 5.41 Å². The van der Waals surface area contributed by atoms with Gasteiger partial charge in [0.05, 0.1) is 0 Å². The average Bonchev–Trinajstić information content (AvgIpc) is 2.78. The SMILES string of the molecule is C=CCC(CNC(=O)Nc1ccc(C(C)=O)cc1)(c1ccccc1)c1ccccc1. The lowest BCUT2D eigenvalue weighted by atomic mass is 9.72. The van der Waals surface area contributed by atoms with Crippen LogP contribution in [0, 0.1) is 0 Å². The molecule has 0 atom stereocenters. The summed E-state index contributed by atoms with van der Waals surface area (Å²) in [6.07, 6.45) is 2.56. The van der Waals surface area contributed by atoms with Crippen LogP contribution in [0.5, 0.6) is 0 Å². The Bertz CT molecular complexity index is 957. The number of rotatable bonds is 8. The van der Waals surface area contributed by atoms with Crippen molar-refractivity contribution in [3.05, 3.63) is 114 Å². The molecule has 4 nitrogen and oxygen atoms in total. The van der Waals surface area contributed by atoms with Crippen LogP contribution >= 0.6 is 0 Å². The van der Waals surface area contributed by atoms with Gasteiger partial charge in [0, 0.05) is 23.2 Å². The third kappa shape index (κ3) is 4.84. The smallest absolute Gasteiger partial charge is 0.319 e. The second-order valence-electron chi connectivity index (χ2n) is 7.25. The Morgan fingerprint density at radius 1 is 0.867 bits per heavy atom. The Labute approximate surface area is 177 Å². The summed E-state index contributed by atoms with van der Waals surface area (Å²) >= 11 is 0. The van der Waals surface area contributed by atoms with Crippen molar-refractivity contribution in [2.45, 2.75) is 18.8 Å². The summed E-state index contributed by atoms with van der Waals surface area (Å²) < 4.78 is 0. The van der Waals surface area contributed by atoms with Crippen molar-refractivity contribution in [1.82, 2.24) is 5.32 Å². The first-order valence-corrected chi connectivity index (χ1v) is 9.93. The zero-order valence-electron chi connectivity index (χ0n) is 17.1. The highest BCUT2D eigenvalue weighted by atomic mass is 16.2. The number of Topliss-reactive ketones (excluding diaryl/α,β-unsaturated/α-hetero) is 1. The zero-order chi connectivity index (χ0) is 21.4. The first-order valence-electron chi connectivity index (χ1n) is 9.93. The van der Waals surface area contributed by atoms with Crippen LogP contribution in [0.4, 0.5) is 10.5 Å². The highest BCUT2D eigenvalue weighted by Crippen LogP contribution is 2.35. The van der Waals surface area contributed by atoms with Gasteiger partial charge in [-0.25, -0.2) is 4.79 Å². The lowest BCUT2D eigenvalue weighted by molar-refractivity contribution is 0.101. The summed E-state index contributed by atoms with van der Waals surface area (Å²) in [5.74, 6) is -0.00840. The molecular formula is C26H26N2O2. The lowest BCUT2D eigenvalue weighted by Crippen LogP contribution is -2.43. The number of hydrogen-bond acceptors (Lipinski definition) is 2. The maximum atomic E-state index is 12.6. The number of allylic oxidation sites excluding steroid dienone is 1. The molecule has 3 aromatic rings. The van der Waals surface area contributed by atoms with Crippen molar-refractivity contribution in [3.8, 4) is 0 Å². The van der Waals surface area contributed by atoms with Gasteiger partial charge < -0.3 is 10.6 Å². The predicted molar refractivity (Wildman–Crippen MR) is 122 cm³/mol. The number of nitrogens with one attached hydrogen (secondary N) is 2. The average molecular weight is 399 g/mol. The predicted octanol–water partition coefficient (Wildman–Crippen LogP) is 5.57. The van der Waals surface area contributed by atoms with E-state index in [4.69, 9.17) is 0 Å². The molecule has 0 heterocycles. The van der Waals surface area contributed by atoms with Gasteiger partial charge in [0.25, 0.3) is 0 Å². The minimum atomic E-state index is -0.430. The fraction of sp³-hybridized carbons (Fsp3) is 0.154. The monoisotopic (exact) mass is 398 g/mol. The second-order valence-corrected chi connectivity index (χ2v) is 7.25. The Morgan fingerprint density at radius 3 is 1.87 bits per heavy atom. The Balaban J connectivity index is 1.82. The summed E-state index contributed by atoms with van der Waals surface area (Å²) in [5, 5.41) is 5.86. The third-order valence-electron chi connectivity index (χ3n) is 5.25. The van der Waals surface area contributed by atoms with E-state index in [-0.39, 0.29) is 11.8 Å². The number of amides is 2. The van der Waals surface area contributed by atoms with Gasteiger partial charge >= 0.3 is 6.03 Å². The van der Waals surface area contributed by atoms with Crippen LogP contribution in [0.25, 0.3) is 0 Å². The minimum absolute atomic E-state index is 0.00840. The van der Waals surface area contributed by atoms with Crippen LogP contribution in [0.3, 0.4) is 0 Å². The molecule has 2 amide bonds. The maximum absolute atomic E-state index is 12.6. The summed E-state index contributed by atoms with van der Waals surface area (Å²) in [6, 6.07) is 26.9. The molecular weight excluding hydrogens is 372 g/mol. The van der Waals surface area contributed by atoms with Crippen LogP contribution in [-0.2, 0) is 5.41 Å². The van der Waals surface area contributed by atoms with Gasteiger partial charge in [-0.2, -0.15) is 0 Å². The number of ketones is 1. The first-order chi connectivity index (χ1) is 14.5. The van der Waals surface area contributed by atoms with E-state index in [1.807, 2.05) is 42.5 Å². The van der Waals surface area contributed by atoms with Gasteiger partial charge in [0.1, 0.15) is 0 Å². The molecule has 0 saturated heterocycles. The summed E-state index contributed by atoms with van der Waals surface area (Å²) in [5.41, 5.74) is 3.04. The molecule has 30 heavy (non-hydrogen) atoms. The van der Waals surface area contributed by atoms with Gasteiger partial charge in [0.15, 0.2) is 5.78 Å². The maximum Gasteiger partial charge on any atom is 0.319 e. The van der Waals surface area contributed by atoms with Crippen molar-refractivity contribution in [3.63, 3.8) is 0 Å². The van der Waals surface area contributed by atoms with E-state index in [2.05, 4.69) is 41.5 Å². The van der Waals surface area contributed by atoms with Crippen molar-refractivity contribution >= 4 is 17.5 Å². The molecule has 4 heteroatoms. The molecule has 0 saturated carbocycles. The molecule has 3 aromatic carbocycles. The molecule has 0 aromatic heterocycles. The van der Waals surface area contributed by atoms with E-state index >= 15 is 0 Å². The van der Waals surface area contributed by atoms with Gasteiger partial charge in [0.2, 0.25) is 0 Å². The highest BCUT2D eigenvalue weighted by molar-refractivity contribution is 5.95.